The summed E-state index contributed by atoms with van der Waals surface area (Å²) in [4.78, 5) is 45.6. The second kappa shape index (κ2) is 11.8. The first-order valence-corrected chi connectivity index (χ1v) is 16.3. The van der Waals surface area contributed by atoms with E-state index < -0.39 is 35.3 Å². The molecule has 0 saturated carbocycles. The highest BCUT2D eigenvalue weighted by Gasteiger charge is 2.66. The van der Waals surface area contributed by atoms with Gasteiger partial charge < -0.3 is 24.4 Å². The Morgan fingerprint density at radius 1 is 1.02 bits per heavy atom. The topological polar surface area (TPSA) is 99.6 Å². The number of nitrogens with zero attached hydrogens (tertiary/aromatic N) is 3. The van der Waals surface area contributed by atoms with Gasteiger partial charge in [0.15, 0.2) is 5.60 Å². The summed E-state index contributed by atoms with van der Waals surface area (Å²) in [5.41, 5.74) is 1.81. The van der Waals surface area contributed by atoms with Crippen LogP contribution in [0.5, 0.6) is 0 Å². The molecule has 5 atom stereocenters. The zero-order valence-electron chi connectivity index (χ0n) is 26.9. The van der Waals surface area contributed by atoms with Gasteiger partial charge in [-0.3, -0.25) is 14.5 Å². The average molecular weight is 642 g/mol. The molecule has 0 aromatic heterocycles. The predicted molar refractivity (Wildman–Crippen MR) is 173 cm³/mol. The molecule has 7 rings (SSSR count). The van der Waals surface area contributed by atoms with E-state index in [2.05, 4.69) is 0 Å². The second-order valence-electron chi connectivity index (χ2n) is 13.6. The Labute approximate surface area is 273 Å². The third kappa shape index (κ3) is 5.18. The van der Waals surface area contributed by atoms with Gasteiger partial charge in [0.2, 0.25) is 5.91 Å². The van der Waals surface area contributed by atoms with Crippen LogP contribution in [0, 0.1) is 11.8 Å². The van der Waals surface area contributed by atoms with Crippen LogP contribution >= 0.6 is 0 Å². The van der Waals surface area contributed by atoms with Gasteiger partial charge in [-0.25, -0.2) is 9.18 Å². The molecule has 0 aliphatic carbocycles. The monoisotopic (exact) mass is 641 g/mol. The Balaban J connectivity index is 1.18. The summed E-state index contributed by atoms with van der Waals surface area (Å²) in [6, 6.07) is 22.4. The van der Waals surface area contributed by atoms with Crippen molar-refractivity contribution in [3.63, 3.8) is 0 Å². The van der Waals surface area contributed by atoms with Crippen molar-refractivity contribution in [2.75, 3.05) is 29.6 Å². The summed E-state index contributed by atoms with van der Waals surface area (Å²) in [6.45, 7) is 6.07. The van der Waals surface area contributed by atoms with Crippen molar-refractivity contribution < 1.29 is 33.4 Å². The summed E-state index contributed by atoms with van der Waals surface area (Å²) >= 11 is 0. The van der Waals surface area contributed by atoms with E-state index in [0.717, 1.165) is 22.4 Å². The highest BCUT2D eigenvalue weighted by Crippen LogP contribution is 2.58. The zero-order chi connectivity index (χ0) is 33.1. The number of alkyl halides is 1. The molecule has 2 saturated heterocycles. The zero-order valence-corrected chi connectivity index (χ0v) is 26.9. The fraction of sp³-hybridized carbons (Fsp3) is 0.432. The van der Waals surface area contributed by atoms with E-state index in [4.69, 9.17) is 9.47 Å². The number of hydrogen-bond acceptors (Lipinski definition) is 6. The van der Waals surface area contributed by atoms with Crippen molar-refractivity contribution in [3.8, 4) is 0 Å². The van der Waals surface area contributed by atoms with Crippen molar-refractivity contribution in [2.24, 2.45) is 11.8 Å². The highest BCUT2D eigenvalue weighted by atomic mass is 19.1. The molecule has 0 radical (unpaired) electrons. The first-order chi connectivity index (χ1) is 22.5. The van der Waals surface area contributed by atoms with Crippen LogP contribution in [-0.4, -0.2) is 65.5 Å². The number of ether oxygens (including phenoxy) is 2. The van der Waals surface area contributed by atoms with Crippen LogP contribution in [0.4, 0.5) is 20.6 Å². The number of rotatable bonds is 7. The van der Waals surface area contributed by atoms with E-state index >= 15 is 4.39 Å². The number of aliphatic hydroxyl groups excluding tert-OH is 1. The largest absolute Gasteiger partial charge is 0.447 e. The Morgan fingerprint density at radius 3 is 2.40 bits per heavy atom. The molecule has 1 N–H and O–H groups in total. The fourth-order valence-corrected chi connectivity index (χ4v) is 8.28. The number of halogens is 1. The second-order valence-corrected chi connectivity index (χ2v) is 13.6. The fourth-order valence-electron chi connectivity index (χ4n) is 8.28. The number of para-hydroxylation sites is 1. The standard InChI is InChI=1S/C37H40FN3O6/c1-23-33(36(2,3)38)31(19-32(43)40-21-26-9-5-4-8-25(26)18-28(40)22-42)47-37(23)29-10-6-7-11-30(29)41(34(37)44)20-24-12-14-27(15-13-24)39-16-17-46-35(39)45/h4-15,23,28,31,33,42H,16-22H2,1-3H3/t23-,28-,31+,33-,37+/m0/s1. The molecule has 246 valence electrons. The molecule has 3 aromatic rings. The molecule has 2 fully saturated rings. The Hall–Kier alpha value is -4.28. The molecule has 3 amide bonds. The average Bonchev–Trinajstić information content (AvgIpc) is 3.69. The smallest absolute Gasteiger partial charge is 0.414 e. The number of benzene rings is 3. The minimum absolute atomic E-state index is 0.112. The number of anilines is 2. The van der Waals surface area contributed by atoms with Crippen LogP contribution < -0.4 is 9.80 Å². The van der Waals surface area contributed by atoms with Crippen molar-refractivity contribution in [1.29, 1.82) is 0 Å². The molecular weight excluding hydrogens is 601 g/mol. The van der Waals surface area contributed by atoms with Gasteiger partial charge in [0.05, 0.1) is 44.0 Å². The molecule has 10 heteroatoms. The first kappa shape index (κ1) is 31.3. The van der Waals surface area contributed by atoms with Crippen LogP contribution in [0.2, 0.25) is 0 Å². The van der Waals surface area contributed by atoms with Crippen molar-refractivity contribution >= 4 is 29.3 Å². The summed E-state index contributed by atoms with van der Waals surface area (Å²) in [7, 11) is 0. The number of aliphatic hydroxyl groups is 1. The number of cyclic esters (lactones) is 1. The number of carbonyl (C=O) groups is 3. The van der Waals surface area contributed by atoms with E-state index in [1.54, 1.807) is 14.7 Å². The van der Waals surface area contributed by atoms with Crippen LogP contribution in [0.25, 0.3) is 0 Å². The molecule has 9 nitrogen and oxygen atoms in total. The van der Waals surface area contributed by atoms with Crippen LogP contribution in [-0.2, 0) is 44.2 Å². The minimum atomic E-state index is -1.76. The molecule has 4 aliphatic rings. The van der Waals surface area contributed by atoms with E-state index in [0.29, 0.717) is 37.4 Å². The molecule has 3 aromatic carbocycles. The first-order valence-electron chi connectivity index (χ1n) is 16.3. The summed E-state index contributed by atoms with van der Waals surface area (Å²) in [6.07, 6.45) is -0.832. The lowest BCUT2D eigenvalue weighted by atomic mass is 9.71. The van der Waals surface area contributed by atoms with Gasteiger partial charge in [-0.05, 0) is 55.2 Å². The molecule has 4 aliphatic heterocycles. The van der Waals surface area contributed by atoms with E-state index in [1.807, 2.05) is 79.7 Å². The lowest BCUT2D eigenvalue weighted by Crippen LogP contribution is -2.48. The van der Waals surface area contributed by atoms with Gasteiger partial charge in [0, 0.05) is 29.6 Å². The van der Waals surface area contributed by atoms with Gasteiger partial charge in [-0.2, -0.15) is 0 Å². The summed E-state index contributed by atoms with van der Waals surface area (Å²) in [5.74, 6) is -1.87. The Kier molecular flexibility index (Phi) is 7.83. The Morgan fingerprint density at radius 2 is 1.72 bits per heavy atom. The number of amides is 3. The van der Waals surface area contributed by atoms with Crippen LogP contribution in [0.15, 0.2) is 72.8 Å². The summed E-state index contributed by atoms with van der Waals surface area (Å²) in [5, 5.41) is 10.2. The Bertz CT molecular complexity index is 1710. The van der Waals surface area contributed by atoms with Gasteiger partial charge >= 0.3 is 6.09 Å². The minimum Gasteiger partial charge on any atom is -0.447 e. The van der Waals surface area contributed by atoms with Gasteiger partial charge in [0.1, 0.15) is 12.3 Å². The lowest BCUT2D eigenvalue weighted by molar-refractivity contribution is -0.151. The number of fused-ring (bicyclic) bond motifs is 3. The molecule has 0 unspecified atom stereocenters. The SMILES string of the molecule is C[C@H]1[C@H](C(C)(C)F)[C@@H](CC(=O)N2Cc3ccccc3C[C@H]2CO)O[C@]12C(=O)N(Cc1ccc(N3CCOC3=O)cc1)c1ccccc12. The molecule has 1 spiro atoms. The lowest BCUT2D eigenvalue weighted by Gasteiger charge is -2.37. The van der Waals surface area contributed by atoms with Crippen molar-refractivity contribution in [3.05, 3.63) is 95.1 Å². The van der Waals surface area contributed by atoms with Gasteiger partial charge in [0.25, 0.3) is 5.91 Å². The van der Waals surface area contributed by atoms with Crippen LogP contribution in [0.1, 0.15) is 49.4 Å². The van der Waals surface area contributed by atoms with Crippen molar-refractivity contribution in [2.45, 2.75) is 70.1 Å². The predicted octanol–water partition coefficient (Wildman–Crippen LogP) is 5.12. The quantitative estimate of drug-likeness (QED) is 0.385. The maximum Gasteiger partial charge on any atom is 0.414 e. The third-order valence-electron chi connectivity index (χ3n) is 10.5. The van der Waals surface area contributed by atoms with E-state index in [9.17, 15) is 19.5 Å². The van der Waals surface area contributed by atoms with E-state index in [1.165, 1.54) is 13.8 Å². The molecule has 47 heavy (non-hydrogen) atoms. The highest BCUT2D eigenvalue weighted by molar-refractivity contribution is 6.07. The maximum absolute atomic E-state index is 16.2. The molecular formula is C37H40FN3O6. The maximum atomic E-state index is 16.2. The molecule has 4 heterocycles. The number of hydrogen-bond donors (Lipinski definition) is 1. The van der Waals surface area contributed by atoms with Gasteiger partial charge in [-0.15, -0.1) is 0 Å². The van der Waals surface area contributed by atoms with E-state index in [-0.39, 0.29) is 37.5 Å². The van der Waals surface area contributed by atoms with Crippen molar-refractivity contribution in [1.82, 2.24) is 4.90 Å². The van der Waals surface area contributed by atoms with Crippen LogP contribution in [0.3, 0.4) is 0 Å². The van der Waals surface area contributed by atoms with Gasteiger partial charge in [-0.1, -0.05) is 61.5 Å². The summed E-state index contributed by atoms with van der Waals surface area (Å²) < 4.78 is 28.0. The molecule has 0 bridgehead atoms. The third-order valence-corrected chi connectivity index (χ3v) is 10.5. The number of carbonyl (C=O) groups excluding carboxylic acids is 3. The normalized spacial score (nSPS) is 27.0.